The maximum Gasteiger partial charge on any atom is 0.227 e. The van der Waals surface area contributed by atoms with Crippen LogP contribution in [0.2, 0.25) is 0 Å². The van der Waals surface area contributed by atoms with Crippen molar-refractivity contribution in [2.75, 3.05) is 26.7 Å². The van der Waals surface area contributed by atoms with E-state index in [4.69, 9.17) is 10.5 Å². The summed E-state index contributed by atoms with van der Waals surface area (Å²) < 4.78 is 5.21. The van der Waals surface area contributed by atoms with Crippen LogP contribution in [-0.4, -0.2) is 49.5 Å². The van der Waals surface area contributed by atoms with Crippen LogP contribution in [0.5, 0.6) is 5.75 Å². The number of likely N-dealkylation sites (tertiary alicyclic amines) is 1. The normalized spacial score (nSPS) is 16.7. The molecule has 1 aliphatic rings. The number of nitrogens with zero attached hydrogens (tertiary/aromatic N) is 1. The van der Waals surface area contributed by atoms with Crippen LogP contribution < -0.4 is 15.8 Å². The fourth-order valence-electron chi connectivity index (χ4n) is 3.05. The van der Waals surface area contributed by atoms with Crippen molar-refractivity contribution >= 4 is 24.2 Å². The van der Waals surface area contributed by atoms with Gasteiger partial charge in [0, 0.05) is 32.1 Å². The Hall–Kier alpha value is -1.79. The van der Waals surface area contributed by atoms with Crippen LogP contribution in [0.3, 0.4) is 0 Å². The van der Waals surface area contributed by atoms with Gasteiger partial charge < -0.3 is 20.7 Å². The molecular weight excluding hydrogens is 342 g/mol. The summed E-state index contributed by atoms with van der Waals surface area (Å²) in [5, 5.41) is 2.89. The number of methoxy groups -OCH3 is 1. The Kier molecular flexibility index (Phi) is 9.31. The molecule has 1 saturated heterocycles. The van der Waals surface area contributed by atoms with Gasteiger partial charge in [0.2, 0.25) is 11.8 Å². The predicted octanol–water partition coefficient (Wildman–Crippen LogP) is 1.51. The van der Waals surface area contributed by atoms with Crippen molar-refractivity contribution in [2.45, 2.75) is 38.1 Å². The highest BCUT2D eigenvalue weighted by Gasteiger charge is 2.26. The summed E-state index contributed by atoms with van der Waals surface area (Å²) >= 11 is 0. The van der Waals surface area contributed by atoms with E-state index in [1.54, 1.807) is 7.11 Å². The van der Waals surface area contributed by atoms with Gasteiger partial charge in [0.1, 0.15) is 5.75 Å². The number of rotatable bonds is 7. The molecule has 1 aromatic rings. The zero-order valence-corrected chi connectivity index (χ0v) is 15.5. The summed E-state index contributed by atoms with van der Waals surface area (Å²) in [4.78, 5) is 26.2. The van der Waals surface area contributed by atoms with Crippen molar-refractivity contribution in [3.63, 3.8) is 0 Å². The number of nitrogens with one attached hydrogen (secondary N) is 1. The number of ether oxygens (including phenoxy) is 1. The maximum absolute atomic E-state index is 12.7. The molecule has 0 spiro atoms. The molecule has 1 aromatic carbocycles. The molecule has 6 nitrogen and oxygen atoms in total. The van der Waals surface area contributed by atoms with E-state index in [9.17, 15) is 9.59 Å². The van der Waals surface area contributed by atoms with E-state index in [1.807, 2.05) is 29.2 Å². The van der Waals surface area contributed by atoms with E-state index in [0.29, 0.717) is 25.9 Å². The molecule has 140 valence electrons. The number of carbonyl (C=O) groups excluding carboxylic acids is 2. The highest BCUT2D eigenvalue weighted by Crippen LogP contribution is 2.19. The Balaban J connectivity index is 0.00000312. The number of carbonyl (C=O) groups is 2. The lowest BCUT2D eigenvalue weighted by molar-refractivity contribution is -0.134. The van der Waals surface area contributed by atoms with Gasteiger partial charge in [0.15, 0.2) is 0 Å². The number of nitrogens with two attached hydrogens (primary N) is 1. The molecule has 0 aliphatic carbocycles. The second-order valence-corrected chi connectivity index (χ2v) is 6.11. The number of hydrogen-bond donors (Lipinski definition) is 2. The van der Waals surface area contributed by atoms with Gasteiger partial charge in [-0.2, -0.15) is 0 Å². The minimum absolute atomic E-state index is 0. The van der Waals surface area contributed by atoms with Crippen LogP contribution in [0.15, 0.2) is 24.3 Å². The Labute approximate surface area is 155 Å². The molecule has 7 heteroatoms. The Morgan fingerprint density at radius 3 is 2.88 bits per heavy atom. The number of hydrogen-bond acceptors (Lipinski definition) is 4. The molecule has 0 aromatic heterocycles. The lowest BCUT2D eigenvalue weighted by Crippen LogP contribution is -2.50. The fourth-order valence-corrected chi connectivity index (χ4v) is 3.05. The van der Waals surface area contributed by atoms with Crippen molar-refractivity contribution < 1.29 is 14.3 Å². The largest absolute Gasteiger partial charge is 0.497 e. The Morgan fingerprint density at radius 1 is 1.36 bits per heavy atom. The smallest absolute Gasteiger partial charge is 0.227 e. The van der Waals surface area contributed by atoms with Crippen LogP contribution in [0.25, 0.3) is 0 Å². The first-order valence-corrected chi connectivity index (χ1v) is 8.53. The van der Waals surface area contributed by atoms with Gasteiger partial charge in [-0.1, -0.05) is 12.1 Å². The summed E-state index contributed by atoms with van der Waals surface area (Å²) in [6, 6.07) is 7.65. The second kappa shape index (κ2) is 10.9. The van der Waals surface area contributed by atoms with Crippen molar-refractivity contribution in [3.8, 4) is 5.75 Å². The van der Waals surface area contributed by atoms with E-state index >= 15 is 0 Å². The number of piperidine rings is 1. The molecule has 25 heavy (non-hydrogen) atoms. The van der Waals surface area contributed by atoms with Gasteiger partial charge in [-0.25, -0.2) is 0 Å². The molecule has 1 heterocycles. The minimum Gasteiger partial charge on any atom is -0.497 e. The quantitative estimate of drug-likeness (QED) is 0.762. The minimum atomic E-state index is -0.0525. The number of halogens is 1. The molecule has 2 rings (SSSR count). The Morgan fingerprint density at radius 2 is 2.16 bits per heavy atom. The van der Waals surface area contributed by atoms with Crippen molar-refractivity contribution in [1.29, 1.82) is 0 Å². The molecule has 1 atom stereocenters. The molecule has 2 amide bonds. The van der Waals surface area contributed by atoms with Crippen molar-refractivity contribution in [3.05, 3.63) is 29.8 Å². The first-order valence-electron chi connectivity index (χ1n) is 8.53. The first kappa shape index (κ1) is 21.3. The van der Waals surface area contributed by atoms with Crippen LogP contribution in [0.1, 0.15) is 31.2 Å². The predicted molar refractivity (Wildman–Crippen MR) is 100.0 cm³/mol. The van der Waals surface area contributed by atoms with Crippen LogP contribution in [-0.2, 0) is 16.0 Å². The molecule has 1 fully saturated rings. The van der Waals surface area contributed by atoms with Crippen LogP contribution >= 0.6 is 12.4 Å². The van der Waals surface area contributed by atoms with E-state index < -0.39 is 0 Å². The van der Waals surface area contributed by atoms with Gasteiger partial charge in [0.05, 0.1) is 13.5 Å². The summed E-state index contributed by atoms with van der Waals surface area (Å²) in [7, 11) is 1.62. The zero-order valence-electron chi connectivity index (χ0n) is 14.7. The van der Waals surface area contributed by atoms with E-state index in [0.717, 1.165) is 37.1 Å². The molecule has 1 aliphatic heterocycles. The zero-order chi connectivity index (χ0) is 17.4. The van der Waals surface area contributed by atoms with E-state index in [-0.39, 0.29) is 30.3 Å². The van der Waals surface area contributed by atoms with Crippen LogP contribution in [0, 0.1) is 0 Å². The van der Waals surface area contributed by atoms with Gasteiger partial charge in [-0.3, -0.25) is 9.59 Å². The van der Waals surface area contributed by atoms with Gasteiger partial charge in [-0.15, -0.1) is 12.4 Å². The van der Waals surface area contributed by atoms with Crippen molar-refractivity contribution in [1.82, 2.24) is 10.2 Å². The molecule has 0 saturated carbocycles. The fraction of sp³-hybridized carbons (Fsp3) is 0.556. The highest BCUT2D eigenvalue weighted by atomic mass is 35.5. The first-order chi connectivity index (χ1) is 11.6. The van der Waals surface area contributed by atoms with Crippen molar-refractivity contribution in [2.24, 2.45) is 5.73 Å². The third-order valence-electron chi connectivity index (χ3n) is 4.34. The highest BCUT2D eigenvalue weighted by molar-refractivity contribution is 5.85. The Bertz CT molecular complexity index is 568. The van der Waals surface area contributed by atoms with Gasteiger partial charge in [-0.05, 0) is 37.0 Å². The average Bonchev–Trinajstić information content (AvgIpc) is 2.60. The summed E-state index contributed by atoms with van der Waals surface area (Å²) in [6.07, 6.45) is 3.69. The molecule has 3 N–H and O–H groups in total. The lowest BCUT2D eigenvalue weighted by Gasteiger charge is -2.36. The topological polar surface area (TPSA) is 84.7 Å². The molecule has 0 radical (unpaired) electrons. The van der Waals surface area contributed by atoms with Gasteiger partial charge in [0.25, 0.3) is 0 Å². The van der Waals surface area contributed by atoms with E-state index in [2.05, 4.69) is 5.32 Å². The van der Waals surface area contributed by atoms with Gasteiger partial charge >= 0.3 is 0 Å². The summed E-state index contributed by atoms with van der Waals surface area (Å²) in [5.41, 5.74) is 6.33. The summed E-state index contributed by atoms with van der Waals surface area (Å²) in [6.45, 7) is 1.60. The maximum atomic E-state index is 12.7. The third-order valence-corrected chi connectivity index (χ3v) is 4.34. The number of amides is 2. The molecule has 1 unspecified atom stereocenters. The monoisotopic (exact) mass is 369 g/mol. The lowest BCUT2D eigenvalue weighted by atomic mass is 10.0. The molecular formula is C18H28ClN3O3. The standard InChI is InChI=1S/C18H27N3O3.ClH/c1-24-16-7-4-5-14(11-16)12-18(23)21-10-3-2-6-15(21)13-20-17(22)8-9-19;/h4-5,7,11,15H,2-3,6,8-10,12-13,19H2,1H3,(H,20,22);1H. The summed E-state index contributed by atoms with van der Waals surface area (Å²) in [5.74, 6) is 0.800. The molecule has 0 bridgehead atoms. The third kappa shape index (κ3) is 6.55. The van der Waals surface area contributed by atoms with Crippen LogP contribution in [0.4, 0.5) is 0 Å². The number of benzene rings is 1. The second-order valence-electron chi connectivity index (χ2n) is 6.11. The SMILES string of the molecule is COc1cccc(CC(=O)N2CCCCC2CNC(=O)CCN)c1.Cl. The average molecular weight is 370 g/mol. The van der Waals surface area contributed by atoms with E-state index in [1.165, 1.54) is 0 Å².